The van der Waals surface area contributed by atoms with Crippen molar-refractivity contribution in [3.63, 3.8) is 0 Å². The van der Waals surface area contributed by atoms with Crippen molar-refractivity contribution in [2.75, 3.05) is 0 Å². The molecule has 1 aromatic carbocycles. The van der Waals surface area contributed by atoms with Gasteiger partial charge in [-0.1, -0.05) is 6.08 Å². The SMILES string of the molecule is C/C=C/C(=O)OC1CCC(C(=O)Oc2ccc(OC(F)(F)F)cc2)CC1. The highest BCUT2D eigenvalue weighted by molar-refractivity contribution is 5.82. The maximum atomic E-state index is 12.2. The zero-order valence-electron chi connectivity index (χ0n) is 14.1. The van der Waals surface area contributed by atoms with Crippen LogP contribution in [0.25, 0.3) is 0 Å². The Morgan fingerprint density at radius 2 is 1.62 bits per heavy atom. The molecule has 142 valence electrons. The molecule has 1 fully saturated rings. The molecule has 1 aliphatic carbocycles. The largest absolute Gasteiger partial charge is 0.573 e. The molecule has 0 aromatic heterocycles. The van der Waals surface area contributed by atoms with Crippen molar-refractivity contribution in [3.05, 3.63) is 36.4 Å². The molecular formula is C18H19F3O5. The van der Waals surface area contributed by atoms with Crippen LogP contribution in [-0.2, 0) is 14.3 Å². The molecule has 1 saturated carbocycles. The minimum absolute atomic E-state index is 0.145. The van der Waals surface area contributed by atoms with E-state index in [0.717, 1.165) is 12.1 Å². The molecule has 0 spiro atoms. The Hall–Kier alpha value is -2.51. The average Bonchev–Trinajstić information content (AvgIpc) is 2.56. The van der Waals surface area contributed by atoms with E-state index in [-0.39, 0.29) is 23.5 Å². The zero-order valence-corrected chi connectivity index (χ0v) is 14.1. The first-order valence-corrected chi connectivity index (χ1v) is 8.17. The van der Waals surface area contributed by atoms with Gasteiger partial charge in [-0.3, -0.25) is 4.79 Å². The van der Waals surface area contributed by atoms with Gasteiger partial charge in [0.25, 0.3) is 0 Å². The molecule has 0 unspecified atom stereocenters. The molecule has 0 aliphatic heterocycles. The predicted octanol–water partition coefficient (Wildman–Crippen LogP) is 4.17. The highest BCUT2D eigenvalue weighted by atomic mass is 19.4. The third-order valence-electron chi connectivity index (χ3n) is 3.87. The Labute approximate surface area is 148 Å². The molecule has 1 aromatic rings. The summed E-state index contributed by atoms with van der Waals surface area (Å²) in [5, 5.41) is 0. The number of halogens is 3. The van der Waals surface area contributed by atoms with Crippen LogP contribution in [0.2, 0.25) is 0 Å². The summed E-state index contributed by atoms with van der Waals surface area (Å²) in [4.78, 5) is 23.6. The number of rotatable bonds is 5. The molecule has 1 aliphatic rings. The maximum Gasteiger partial charge on any atom is 0.573 e. The van der Waals surface area contributed by atoms with E-state index in [1.165, 1.54) is 18.2 Å². The summed E-state index contributed by atoms with van der Waals surface area (Å²) < 4.78 is 50.5. The van der Waals surface area contributed by atoms with Crippen molar-refractivity contribution in [1.29, 1.82) is 0 Å². The number of hydrogen-bond donors (Lipinski definition) is 0. The number of hydrogen-bond acceptors (Lipinski definition) is 5. The van der Waals surface area contributed by atoms with E-state index < -0.39 is 18.3 Å². The Bertz CT molecular complexity index is 644. The van der Waals surface area contributed by atoms with Crippen LogP contribution in [0, 0.1) is 5.92 Å². The average molecular weight is 372 g/mol. The summed E-state index contributed by atoms with van der Waals surface area (Å²) >= 11 is 0. The fourth-order valence-corrected chi connectivity index (χ4v) is 2.66. The number of carbonyl (C=O) groups is 2. The summed E-state index contributed by atoms with van der Waals surface area (Å²) in [7, 11) is 0. The fraction of sp³-hybridized carbons (Fsp3) is 0.444. The molecule has 0 heterocycles. The number of benzene rings is 1. The number of alkyl halides is 3. The van der Waals surface area contributed by atoms with Crippen LogP contribution in [0.15, 0.2) is 36.4 Å². The van der Waals surface area contributed by atoms with Gasteiger partial charge < -0.3 is 14.2 Å². The molecular weight excluding hydrogens is 353 g/mol. The van der Waals surface area contributed by atoms with Crippen LogP contribution in [0.1, 0.15) is 32.6 Å². The van der Waals surface area contributed by atoms with Gasteiger partial charge in [0.2, 0.25) is 0 Å². The van der Waals surface area contributed by atoms with Gasteiger partial charge in [0.1, 0.15) is 17.6 Å². The van der Waals surface area contributed by atoms with Crippen LogP contribution in [0.5, 0.6) is 11.5 Å². The summed E-state index contributed by atoms with van der Waals surface area (Å²) in [6.07, 6.45) is 0.0874. The third kappa shape index (κ3) is 6.42. The number of ether oxygens (including phenoxy) is 3. The first-order valence-electron chi connectivity index (χ1n) is 8.17. The first kappa shape index (κ1) is 19.8. The van der Waals surface area contributed by atoms with Gasteiger partial charge in [0, 0.05) is 6.08 Å². The van der Waals surface area contributed by atoms with Crippen molar-refractivity contribution in [2.45, 2.75) is 45.1 Å². The van der Waals surface area contributed by atoms with Crippen molar-refractivity contribution >= 4 is 11.9 Å². The summed E-state index contributed by atoms with van der Waals surface area (Å²) in [6.45, 7) is 1.72. The van der Waals surface area contributed by atoms with E-state index in [1.807, 2.05) is 0 Å². The Balaban J connectivity index is 1.81. The molecule has 0 amide bonds. The molecule has 0 bridgehead atoms. The van der Waals surface area contributed by atoms with E-state index in [0.29, 0.717) is 25.7 Å². The Kier molecular flexibility index (Phi) is 6.65. The maximum absolute atomic E-state index is 12.2. The van der Waals surface area contributed by atoms with Crippen LogP contribution in [0.3, 0.4) is 0 Å². The molecule has 26 heavy (non-hydrogen) atoms. The summed E-state index contributed by atoms with van der Waals surface area (Å²) in [5.74, 6) is -1.43. The number of allylic oxidation sites excluding steroid dienone is 1. The lowest BCUT2D eigenvalue weighted by atomic mass is 9.87. The monoisotopic (exact) mass is 372 g/mol. The highest BCUT2D eigenvalue weighted by Crippen LogP contribution is 2.29. The smallest absolute Gasteiger partial charge is 0.459 e. The van der Waals surface area contributed by atoms with Gasteiger partial charge in [-0.15, -0.1) is 13.2 Å². The number of carbonyl (C=O) groups excluding carboxylic acids is 2. The Morgan fingerprint density at radius 1 is 1.04 bits per heavy atom. The van der Waals surface area contributed by atoms with Gasteiger partial charge in [0.05, 0.1) is 5.92 Å². The van der Waals surface area contributed by atoms with E-state index in [1.54, 1.807) is 13.0 Å². The summed E-state index contributed by atoms with van der Waals surface area (Å²) in [6, 6.07) is 4.63. The molecule has 2 rings (SSSR count). The van der Waals surface area contributed by atoms with Crippen LogP contribution >= 0.6 is 0 Å². The van der Waals surface area contributed by atoms with Crippen LogP contribution < -0.4 is 9.47 Å². The molecule has 0 saturated heterocycles. The molecule has 5 nitrogen and oxygen atoms in total. The van der Waals surface area contributed by atoms with Crippen LogP contribution in [0.4, 0.5) is 13.2 Å². The minimum Gasteiger partial charge on any atom is -0.459 e. The second-order valence-corrected chi connectivity index (χ2v) is 5.85. The predicted molar refractivity (Wildman–Crippen MR) is 85.4 cm³/mol. The minimum atomic E-state index is -4.77. The normalized spacial score (nSPS) is 20.6. The van der Waals surface area contributed by atoms with Crippen molar-refractivity contribution in [1.82, 2.24) is 0 Å². The number of esters is 2. The van der Waals surface area contributed by atoms with Crippen molar-refractivity contribution < 1.29 is 37.0 Å². The Morgan fingerprint density at radius 3 is 2.15 bits per heavy atom. The standard InChI is InChI=1S/C18H19F3O5/c1-2-3-16(22)24-13-6-4-12(5-7-13)17(23)25-14-8-10-15(11-9-14)26-18(19,20)21/h2-3,8-13H,4-7H2,1H3/b3-2+. The van der Waals surface area contributed by atoms with Gasteiger partial charge in [-0.05, 0) is 56.9 Å². The third-order valence-corrected chi connectivity index (χ3v) is 3.87. The topological polar surface area (TPSA) is 61.8 Å². The first-order chi connectivity index (χ1) is 12.3. The second kappa shape index (κ2) is 8.73. The van der Waals surface area contributed by atoms with Crippen molar-refractivity contribution in [2.24, 2.45) is 5.92 Å². The fourth-order valence-electron chi connectivity index (χ4n) is 2.66. The summed E-state index contributed by atoms with van der Waals surface area (Å²) in [5.41, 5.74) is 0. The molecule has 0 radical (unpaired) electrons. The molecule has 0 atom stereocenters. The highest BCUT2D eigenvalue weighted by Gasteiger charge is 2.31. The van der Waals surface area contributed by atoms with Gasteiger partial charge in [-0.25, -0.2) is 4.79 Å². The lowest BCUT2D eigenvalue weighted by Crippen LogP contribution is -2.29. The lowest BCUT2D eigenvalue weighted by molar-refractivity contribution is -0.274. The van der Waals surface area contributed by atoms with Gasteiger partial charge in [0.15, 0.2) is 0 Å². The van der Waals surface area contributed by atoms with Gasteiger partial charge >= 0.3 is 18.3 Å². The quantitative estimate of drug-likeness (QED) is 0.441. The van der Waals surface area contributed by atoms with E-state index >= 15 is 0 Å². The molecule has 0 N–H and O–H groups in total. The van der Waals surface area contributed by atoms with E-state index in [9.17, 15) is 22.8 Å². The van der Waals surface area contributed by atoms with Crippen LogP contribution in [-0.4, -0.2) is 24.4 Å². The van der Waals surface area contributed by atoms with E-state index in [2.05, 4.69) is 4.74 Å². The van der Waals surface area contributed by atoms with Crippen molar-refractivity contribution in [3.8, 4) is 11.5 Å². The second-order valence-electron chi connectivity index (χ2n) is 5.85. The lowest BCUT2D eigenvalue weighted by Gasteiger charge is -2.26. The van der Waals surface area contributed by atoms with Gasteiger partial charge in [-0.2, -0.15) is 0 Å². The molecule has 8 heteroatoms. The van der Waals surface area contributed by atoms with E-state index in [4.69, 9.17) is 9.47 Å². The zero-order chi connectivity index (χ0) is 19.2.